The monoisotopic (exact) mass is 495 g/mol. The summed E-state index contributed by atoms with van der Waals surface area (Å²) in [5, 5.41) is 5.26. The number of H-pyrrole nitrogens is 1. The number of rotatable bonds is 5. The van der Waals surface area contributed by atoms with Crippen molar-refractivity contribution in [3.8, 4) is 5.75 Å². The Morgan fingerprint density at radius 2 is 2.09 bits per heavy atom. The Bertz CT molecular complexity index is 1370. The molecular weight excluding hydrogens is 474 g/mol. The van der Waals surface area contributed by atoms with E-state index in [1.807, 2.05) is 36.4 Å². The highest BCUT2D eigenvalue weighted by Gasteiger charge is 2.14. The molecule has 0 spiro atoms. The fraction of sp³-hybridized carbons (Fsp3) is 0.261. The summed E-state index contributed by atoms with van der Waals surface area (Å²) in [6.45, 7) is 4.04. The van der Waals surface area contributed by atoms with E-state index in [1.165, 1.54) is 11.0 Å². The van der Waals surface area contributed by atoms with Crippen molar-refractivity contribution in [2.75, 3.05) is 33.4 Å². The molecule has 0 saturated carbocycles. The highest BCUT2D eigenvalue weighted by molar-refractivity contribution is 9.10. The Hall–Kier alpha value is -3.01. The maximum atomic E-state index is 13.0. The van der Waals surface area contributed by atoms with Gasteiger partial charge < -0.3 is 14.5 Å². The average molecular weight is 496 g/mol. The van der Waals surface area contributed by atoms with Gasteiger partial charge in [0.05, 0.1) is 26.5 Å². The summed E-state index contributed by atoms with van der Waals surface area (Å²) in [4.78, 5) is 22.9. The summed E-state index contributed by atoms with van der Waals surface area (Å²) < 4.78 is 13.2. The Morgan fingerprint density at radius 1 is 1.25 bits per heavy atom. The fourth-order valence-electron chi connectivity index (χ4n) is 3.93. The van der Waals surface area contributed by atoms with Gasteiger partial charge in [-0.3, -0.25) is 9.69 Å². The van der Waals surface area contributed by atoms with E-state index >= 15 is 0 Å². The summed E-state index contributed by atoms with van der Waals surface area (Å²) in [5.74, 6) is 0.832. The maximum Gasteiger partial charge on any atom is 0.298 e. The van der Waals surface area contributed by atoms with Gasteiger partial charge in [-0.05, 0) is 42.0 Å². The number of fused-ring (bicyclic) bond motifs is 3. The highest BCUT2D eigenvalue weighted by atomic mass is 79.9. The number of aromatic amines is 1. The van der Waals surface area contributed by atoms with Crippen LogP contribution in [0.25, 0.3) is 21.9 Å². The second-order valence-electron chi connectivity index (χ2n) is 7.64. The molecule has 3 heterocycles. The molecule has 2 aromatic carbocycles. The van der Waals surface area contributed by atoms with E-state index in [0.717, 1.165) is 65.1 Å². The van der Waals surface area contributed by atoms with Crippen molar-refractivity contribution < 1.29 is 9.47 Å². The molecule has 164 valence electrons. The van der Waals surface area contributed by atoms with Gasteiger partial charge in [0, 0.05) is 40.6 Å². The number of aromatic nitrogens is 3. The Labute approximate surface area is 192 Å². The minimum atomic E-state index is -0.249. The zero-order valence-corrected chi connectivity index (χ0v) is 19.1. The first kappa shape index (κ1) is 20.9. The van der Waals surface area contributed by atoms with Crippen LogP contribution in [-0.4, -0.2) is 59.2 Å². The number of ether oxygens (including phenoxy) is 2. The van der Waals surface area contributed by atoms with E-state index in [-0.39, 0.29) is 5.56 Å². The normalized spacial score (nSPS) is 15.2. The van der Waals surface area contributed by atoms with Crippen molar-refractivity contribution in [3.63, 3.8) is 0 Å². The van der Waals surface area contributed by atoms with Gasteiger partial charge >= 0.3 is 0 Å². The molecule has 4 aromatic rings. The van der Waals surface area contributed by atoms with Crippen LogP contribution in [0.5, 0.6) is 5.75 Å². The molecular formula is C23H22BrN5O3. The van der Waals surface area contributed by atoms with Gasteiger partial charge in [-0.15, -0.1) is 0 Å². The number of methoxy groups -OCH3 is 1. The van der Waals surface area contributed by atoms with E-state index in [4.69, 9.17) is 9.47 Å². The van der Waals surface area contributed by atoms with E-state index < -0.39 is 0 Å². The first-order valence-corrected chi connectivity index (χ1v) is 11.1. The number of nitrogens with one attached hydrogen (secondary N) is 1. The Balaban J connectivity index is 1.45. The third-order valence-corrected chi connectivity index (χ3v) is 6.08. The molecule has 1 aliphatic rings. The number of hydrogen-bond donors (Lipinski definition) is 1. The van der Waals surface area contributed by atoms with Crippen LogP contribution < -0.4 is 10.3 Å². The molecule has 1 saturated heterocycles. The molecule has 2 aromatic heterocycles. The maximum absolute atomic E-state index is 13.0. The number of benzene rings is 2. The third-order valence-electron chi connectivity index (χ3n) is 5.58. The lowest BCUT2D eigenvalue weighted by Crippen LogP contribution is -2.35. The van der Waals surface area contributed by atoms with Gasteiger partial charge in [0.2, 0.25) is 0 Å². The predicted molar refractivity (Wildman–Crippen MR) is 128 cm³/mol. The average Bonchev–Trinajstić information content (AvgIpc) is 3.18. The van der Waals surface area contributed by atoms with E-state index in [1.54, 1.807) is 13.3 Å². The van der Waals surface area contributed by atoms with E-state index in [2.05, 4.69) is 35.9 Å². The van der Waals surface area contributed by atoms with Gasteiger partial charge in [-0.25, -0.2) is 4.98 Å². The van der Waals surface area contributed by atoms with E-state index in [0.29, 0.717) is 11.0 Å². The summed E-state index contributed by atoms with van der Waals surface area (Å²) >= 11 is 3.47. The van der Waals surface area contributed by atoms with Crippen LogP contribution in [0.1, 0.15) is 11.1 Å². The molecule has 0 atom stereocenters. The molecule has 1 aliphatic heterocycles. The minimum Gasteiger partial charge on any atom is -0.496 e. The smallest absolute Gasteiger partial charge is 0.298 e. The van der Waals surface area contributed by atoms with Crippen molar-refractivity contribution in [2.24, 2.45) is 5.10 Å². The van der Waals surface area contributed by atoms with Crippen molar-refractivity contribution in [2.45, 2.75) is 6.54 Å². The zero-order chi connectivity index (χ0) is 22.1. The summed E-state index contributed by atoms with van der Waals surface area (Å²) in [6, 6.07) is 11.7. The highest BCUT2D eigenvalue weighted by Crippen LogP contribution is 2.25. The molecule has 0 amide bonds. The molecule has 1 N–H and O–H groups in total. The van der Waals surface area contributed by atoms with Gasteiger partial charge in [-0.2, -0.15) is 9.78 Å². The van der Waals surface area contributed by atoms with Crippen LogP contribution in [0, 0.1) is 0 Å². The fourth-order valence-corrected chi connectivity index (χ4v) is 4.29. The van der Waals surface area contributed by atoms with Gasteiger partial charge in [-0.1, -0.05) is 15.9 Å². The van der Waals surface area contributed by atoms with Crippen LogP contribution in [0.3, 0.4) is 0 Å². The summed E-state index contributed by atoms with van der Waals surface area (Å²) in [6.07, 6.45) is 3.12. The van der Waals surface area contributed by atoms with Crippen molar-refractivity contribution in [1.82, 2.24) is 19.5 Å². The topological polar surface area (TPSA) is 84.7 Å². The molecule has 5 rings (SSSR count). The molecule has 1 fully saturated rings. The lowest BCUT2D eigenvalue weighted by molar-refractivity contribution is 0.0339. The van der Waals surface area contributed by atoms with Crippen LogP contribution in [0.15, 0.2) is 57.1 Å². The molecule has 32 heavy (non-hydrogen) atoms. The summed E-state index contributed by atoms with van der Waals surface area (Å²) in [5.41, 5.74) is 3.62. The van der Waals surface area contributed by atoms with Gasteiger partial charge in [0.1, 0.15) is 23.1 Å². The first-order chi connectivity index (χ1) is 15.6. The number of morpholine rings is 1. The third kappa shape index (κ3) is 4.06. The van der Waals surface area contributed by atoms with Crippen LogP contribution in [-0.2, 0) is 11.3 Å². The lowest BCUT2D eigenvalue weighted by atomic mass is 10.1. The standard InChI is InChI=1S/C23H22BrN5O3/c1-31-20-5-2-15(10-16(20)13-28-6-8-32-9-7-28)12-26-29-14-25-21-18-11-17(24)3-4-19(18)27-22(21)23(29)30/h2-5,10-12,14,27H,6-9,13H2,1H3/b26-12-. The second-order valence-corrected chi connectivity index (χ2v) is 8.55. The van der Waals surface area contributed by atoms with Crippen molar-refractivity contribution in [1.29, 1.82) is 0 Å². The number of nitrogens with zero attached hydrogens (tertiary/aromatic N) is 4. The molecule has 9 heteroatoms. The van der Waals surface area contributed by atoms with Crippen LogP contribution >= 0.6 is 15.9 Å². The van der Waals surface area contributed by atoms with Crippen molar-refractivity contribution >= 4 is 44.1 Å². The van der Waals surface area contributed by atoms with Gasteiger partial charge in [0.25, 0.3) is 5.56 Å². The minimum absolute atomic E-state index is 0.249. The van der Waals surface area contributed by atoms with Crippen LogP contribution in [0.4, 0.5) is 0 Å². The van der Waals surface area contributed by atoms with Crippen molar-refractivity contribution in [3.05, 3.63) is 68.7 Å². The number of hydrogen-bond acceptors (Lipinski definition) is 6. The summed E-state index contributed by atoms with van der Waals surface area (Å²) in [7, 11) is 1.67. The molecule has 0 aliphatic carbocycles. The largest absolute Gasteiger partial charge is 0.496 e. The Kier molecular flexibility index (Phi) is 5.77. The SMILES string of the molecule is COc1ccc(/C=N\n2cnc3c([nH]c4ccc(Br)cc43)c2=O)cc1CN1CCOCC1. The Morgan fingerprint density at radius 3 is 2.91 bits per heavy atom. The second kappa shape index (κ2) is 8.85. The van der Waals surface area contributed by atoms with Crippen LogP contribution in [0.2, 0.25) is 0 Å². The molecule has 0 radical (unpaired) electrons. The lowest BCUT2D eigenvalue weighted by Gasteiger charge is -2.27. The number of halogens is 1. The molecule has 8 nitrogen and oxygen atoms in total. The quantitative estimate of drug-likeness (QED) is 0.429. The zero-order valence-electron chi connectivity index (χ0n) is 17.5. The van der Waals surface area contributed by atoms with E-state index in [9.17, 15) is 4.79 Å². The molecule has 0 unspecified atom stereocenters. The predicted octanol–water partition coefficient (Wildman–Crippen LogP) is 3.36. The molecule has 0 bridgehead atoms. The van der Waals surface area contributed by atoms with Gasteiger partial charge in [0.15, 0.2) is 0 Å². The first-order valence-electron chi connectivity index (χ1n) is 10.3.